The molecule has 1 N–H and O–H groups in total. The highest BCUT2D eigenvalue weighted by Gasteiger charge is 2.30. The summed E-state index contributed by atoms with van der Waals surface area (Å²) in [6, 6.07) is 3.62. The summed E-state index contributed by atoms with van der Waals surface area (Å²) in [5, 5.41) is 3.91. The van der Waals surface area contributed by atoms with E-state index < -0.39 is 0 Å². The third-order valence-electron chi connectivity index (χ3n) is 4.38. The number of anilines is 2. The Morgan fingerprint density at radius 1 is 1.38 bits per heavy atom. The van der Waals surface area contributed by atoms with E-state index in [4.69, 9.17) is 27.9 Å². The molecule has 2 aromatic rings. The number of nitrogens with one attached hydrogen (secondary N) is 1. The van der Waals surface area contributed by atoms with Gasteiger partial charge in [0.15, 0.2) is 5.82 Å². The molecule has 3 rings (SSSR count). The fourth-order valence-electron chi connectivity index (χ4n) is 2.73. The Labute approximate surface area is 150 Å². The zero-order valence-electron chi connectivity index (χ0n) is 13.8. The predicted octanol–water partition coefficient (Wildman–Crippen LogP) is 4.58. The van der Waals surface area contributed by atoms with Gasteiger partial charge in [-0.05, 0) is 44.2 Å². The average Bonchev–Trinajstić information content (AvgIpc) is 3.38. The van der Waals surface area contributed by atoms with Crippen molar-refractivity contribution < 1.29 is 4.74 Å². The Hall–Kier alpha value is -1.72. The lowest BCUT2D eigenvalue weighted by molar-refractivity contribution is 0.416. The van der Waals surface area contributed by atoms with Gasteiger partial charge in [-0.3, -0.25) is 4.79 Å². The minimum atomic E-state index is -0.201. The molecule has 1 heterocycles. The standard InChI is InChI=1S/C17H19Cl2N3O2/c1-9-6-13(14(24-3)7-12(9)18)20-16-17(23)22(8-15(19)21-16)10(2)11-4-5-11/h6-8,10-11H,4-5H2,1-3H3,(H,20,21)/t10-/m1/s1. The minimum Gasteiger partial charge on any atom is -0.495 e. The Kier molecular flexibility index (Phi) is 4.74. The van der Waals surface area contributed by atoms with Gasteiger partial charge in [0, 0.05) is 23.3 Å². The van der Waals surface area contributed by atoms with Crippen LogP contribution in [-0.2, 0) is 0 Å². The maximum Gasteiger partial charge on any atom is 0.294 e. The molecule has 128 valence electrons. The number of nitrogens with zero attached hydrogens (tertiary/aromatic N) is 2. The van der Waals surface area contributed by atoms with Crippen LogP contribution in [0.5, 0.6) is 5.75 Å². The van der Waals surface area contributed by atoms with Crippen LogP contribution in [0, 0.1) is 12.8 Å². The Morgan fingerprint density at radius 3 is 2.71 bits per heavy atom. The number of hydrogen-bond acceptors (Lipinski definition) is 4. The van der Waals surface area contributed by atoms with Crippen molar-refractivity contribution in [1.29, 1.82) is 0 Å². The maximum atomic E-state index is 12.8. The molecule has 1 fully saturated rings. The highest BCUT2D eigenvalue weighted by molar-refractivity contribution is 6.31. The second kappa shape index (κ2) is 6.65. The van der Waals surface area contributed by atoms with Crippen LogP contribution in [0.4, 0.5) is 11.5 Å². The first-order valence-electron chi connectivity index (χ1n) is 7.80. The molecule has 7 heteroatoms. The van der Waals surface area contributed by atoms with Crippen LogP contribution in [0.15, 0.2) is 23.1 Å². The molecule has 0 aliphatic heterocycles. The number of rotatable bonds is 5. The van der Waals surface area contributed by atoms with E-state index in [1.54, 1.807) is 23.9 Å². The largest absolute Gasteiger partial charge is 0.495 e. The van der Waals surface area contributed by atoms with Gasteiger partial charge in [0.2, 0.25) is 0 Å². The summed E-state index contributed by atoms with van der Waals surface area (Å²) in [5.74, 6) is 1.24. The van der Waals surface area contributed by atoms with E-state index >= 15 is 0 Å². The summed E-state index contributed by atoms with van der Waals surface area (Å²) in [5.41, 5.74) is 1.29. The van der Waals surface area contributed by atoms with Crippen molar-refractivity contribution in [2.75, 3.05) is 12.4 Å². The molecular formula is C17H19Cl2N3O2. The third kappa shape index (κ3) is 3.37. The van der Waals surface area contributed by atoms with Crippen molar-refractivity contribution in [2.45, 2.75) is 32.7 Å². The molecule has 0 saturated heterocycles. The van der Waals surface area contributed by atoms with Gasteiger partial charge in [-0.25, -0.2) is 4.98 Å². The monoisotopic (exact) mass is 367 g/mol. The zero-order chi connectivity index (χ0) is 17.4. The molecule has 0 unspecified atom stereocenters. The molecule has 5 nitrogen and oxygen atoms in total. The van der Waals surface area contributed by atoms with Crippen LogP contribution >= 0.6 is 23.2 Å². The zero-order valence-corrected chi connectivity index (χ0v) is 15.3. The summed E-state index contributed by atoms with van der Waals surface area (Å²) < 4.78 is 6.99. The molecular weight excluding hydrogens is 349 g/mol. The smallest absolute Gasteiger partial charge is 0.294 e. The molecule has 0 bridgehead atoms. The lowest BCUT2D eigenvalue weighted by Crippen LogP contribution is -2.27. The number of ether oxygens (including phenoxy) is 1. The lowest BCUT2D eigenvalue weighted by Gasteiger charge is -2.17. The molecule has 1 aliphatic rings. The van der Waals surface area contributed by atoms with Crippen molar-refractivity contribution in [2.24, 2.45) is 5.92 Å². The molecule has 0 amide bonds. The molecule has 1 aromatic carbocycles. The van der Waals surface area contributed by atoms with E-state index in [1.807, 2.05) is 19.9 Å². The molecule has 1 atom stereocenters. The predicted molar refractivity (Wildman–Crippen MR) is 97.0 cm³/mol. The quantitative estimate of drug-likeness (QED) is 0.839. The summed E-state index contributed by atoms with van der Waals surface area (Å²) in [6.45, 7) is 3.91. The average molecular weight is 368 g/mol. The van der Waals surface area contributed by atoms with E-state index in [9.17, 15) is 4.79 Å². The van der Waals surface area contributed by atoms with Gasteiger partial charge in [0.05, 0.1) is 12.8 Å². The van der Waals surface area contributed by atoms with E-state index in [0.717, 1.165) is 18.4 Å². The van der Waals surface area contributed by atoms with Crippen LogP contribution in [0.2, 0.25) is 10.2 Å². The summed E-state index contributed by atoms with van der Waals surface area (Å²) in [7, 11) is 1.55. The van der Waals surface area contributed by atoms with Crippen molar-refractivity contribution in [1.82, 2.24) is 9.55 Å². The summed E-state index contributed by atoms with van der Waals surface area (Å²) in [6.07, 6.45) is 3.88. The van der Waals surface area contributed by atoms with Gasteiger partial charge in [0.25, 0.3) is 5.56 Å². The highest BCUT2D eigenvalue weighted by Crippen LogP contribution is 2.39. The second-order valence-corrected chi connectivity index (χ2v) is 6.92. The van der Waals surface area contributed by atoms with Crippen molar-refractivity contribution in [3.63, 3.8) is 0 Å². The molecule has 0 spiro atoms. The number of benzene rings is 1. The van der Waals surface area contributed by atoms with Gasteiger partial charge in [-0.2, -0.15) is 0 Å². The lowest BCUT2D eigenvalue weighted by atomic mass is 10.2. The summed E-state index contributed by atoms with van der Waals surface area (Å²) in [4.78, 5) is 16.9. The van der Waals surface area contributed by atoms with Gasteiger partial charge in [-0.15, -0.1) is 0 Å². The van der Waals surface area contributed by atoms with Crippen LogP contribution in [0.1, 0.15) is 31.4 Å². The van der Waals surface area contributed by atoms with Crippen molar-refractivity contribution in [3.05, 3.63) is 44.4 Å². The number of aromatic nitrogens is 2. The fourth-order valence-corrected chi connectivity index (χ4v) is 3.07. The SMILES string of the molecule is COc1cc(Cl)c(C)cc1Nc1nc(Cl)cn([C@H](C)C2CC2)c1=O. The first kappa shape index (κ1) is 17.1. The van der Waals surface area contributed by atoms with E-state index in [2.05, 4.69) is 10.3 Å². The van der Waals surface area contributed by atoms with E-state index in [-0.39, 0.29) is 22.6 Å². The van der Waals surface area contributed by atoms with Gasteiger partial charge < -0.3 is 14.6 Å². The molecule has 24 heavy (non-hydrogen) atoms. The van der Waals surface area contributed by atoms with E-state index in [1.165, 1.54) is 0 Å². The minimum absolute atomic E-state index is 0.104. The first-order chi connectivity index (χ1) is 11.4. The van der Waals surface area contributed by atoms with Crippen LogP contribution in [0.25, 0.3) is 0 Å². The third-order valence-corrected chi connectivity index (χ3v) is 4.97. The number of hydrogen-bond donors (Lipinski definition) is 1. The molecule has 1 aromatic heterocycles. The highest BCUT2D eigenvalue weighted by atomic mass is 35.5. The molecule has 1 saturated carbocycles. The number of halogens is 2. The fraction of sp³-hybridized carbons (Fsp3) is 0.412. The number of methoxy groups -OCH3 is 1. The molecule has 0 radical (unpaired) electrons. The topological polar surface area (TPSA) is 56.1 Å². The second-order valence-electron chi connectivity index (χ2n) is 6.13. The van der Waals surface area contributed by atoms with Gasteiger partial charge >= 0.3 is 0 Å². The van der Waals surface area contributed by atoms with Crippen molar-refractivity contribution >= 4 is 34.7 Å². The normalized spacial score (nSPS) is 15.2. The van der Waals surface area contributed by atoms with Gasteiger partial charge in [0.1, 0.15) is 10.9 Å². The Bertz CT molecular complexity index is 831. The van der Waals surface area contributed by atoms with Crippen LogP contribution in [-0.4, -0.2) is 16.7 Å². The Balaban J connectivity index is 2.01. The molecule has 1 aliphatic carbocycles. The number of aryl methyl sites for hydroxylation is 1. The Morgan fingerprint density at radius 2 is 2.08 bits per heavy atom. The van der Waals surface area contributed by atoms with E-state index in [0.29, 0.717) is 22.4 Å². The van der Waals surface area contributed by atoms with Crippen molar-refractivity contribution in [3.8, 4) is 5.75 Å². The van der Waals surface area contributed by atoms with Crippen LogP contribution < -0.4 is 15.6 Å². The maximum absolute atomic E-state index is 12.8. The first-order valence-corrected chi connectivity index (χ1v) is 8.56. The van der Waals surface area contributed by atoms with Gasteiger partial charge in [-0.1, -0.05) is 23.2 Å². The van der Waals surface area contributed by atoms with Crippen LogP contribution in [0.3, 0.4) is 0 Å². The summed E-state index contributed by atoms with van der Waals surface area (Å²) >= 11 is 12.2.